The summed E-state index contributed by atoms with van der Waals surface area (Å²) in [6.07, 6.45) is 2.57. The molecule has 1 aliphatic rings. The highest BCUT2D eigenvalue weighted by Crippen LogP contribution is 2.42. The topological polar surface area (TPSA) is 95.7 Å². The molecule has 3 aromatic carbocycles. The average molecular weight is 486 g/mol. The molecule has 0 spiro atoms. The third-order valence-electron chi connectivity index (χ3n) is 6.82. The highest BCUT2D eigenvalue weighted by atomic mass is 32.3. The molecule has 0 atom stereocenters. The van der Waals surface area contributed by atoms with Crippen molar-refractivity contribution in [2.24, 2.45) is 0 Å². The zero-order valence-electron chi connectivity index (χ0n) is 18.8. The SMILES string of the molecule is CCc1cc2c(=O)c3c4ccc(C#N)cc4[nH]c3n(C3CC3)c2cc1-c1cccc(S(=O)(=O)F)c1. The molecule has 0 unspecified atom stereocenters. The lowest BCUT2D eigenvalue weighted by molar-refractivity contribution is 0.552. The lowest BCUT2D eigenvalue weighted by atomic mass is 9.95. The van der Waals surface area contributed by atoms with Crippen molar-refractivity contribution in [2.45, 2.75) is 37.1 Å². The van der Waals surface area contributed by atoms with E-state index in [9.17, 15) is 22.4 Å². The smallest absolute Gasteiger partial charge is 0.332 e. The third kappa shape index (κ3) is 3.34. The second kappa shape index (κ2) is 7.52. The molecule has 2 heterocycles. The second-order valence-electron chi connectivity index (χ2n) is 9.00. The van der Waals surface area contributed by atoms with E-state index >= 15 is 0 Å². The van der Waals surface area contributed by atoms with Crippen LogP contribution in [0.2, 0.25) is 0 Å². The second-order valence-corrected chi connectivity index (χ2v) is 10.3. The largest absolute Gasteiger partial charge is 0.340 e. The number of pyridine rings is 1. The summed E-state index contributed by atoms with van der Waals surface area (Å²) in [6, 6.07) is 17.3. The van der Waals surface area contributed by atoms with Crippen LogP contribution in [0.4, 0.5) is 3.89 Å². The maximum atomic E-state index is 13.8. The lowest BCUT2D eigenvalue weighted by Gasteiger charge is -2.16. The summed E-state index contributed by atoms with van der Waals surface area (Å²) in [4.78, 5) is 16.8. The number of hydrogen-bond acceptors (Lipinski definition) is 4. The first-order chi connectivity index (χ1) is 16.8. The van der Waals surface area contributed by atoms with E-state index in [0.717, 1.165) is 40.4 Å². The van der Waals surface area contributed by atoms with Crippen molar-refractivity contribution in [1.29, 1.82) is 5.26 Å². The Morgan fingerprint density at radius 2 is 1.91 bits per heavy atom. The van der Waals surface area contributed by atoms with Gasteiger partial charge in [-0.2, -0.15) is 13.7 Å². The number of H-pyrrole nitrogens is 1. The van der Waals surface area contributed by atoms with Crippen LogP contribution in [-0.4, -0.2) is 18.0 Å². The average Bonchev–Trinajstić information content (AvgIpc) is 3.62. The number of aryl methyl sites for hydroxylation is 1. The monoisotopic (exact) mass is 485 g/mol. The van der Waals surface area contributed by atoms with Crippen molar-refractivity contribution < 1.29 is 12.3 Å². The van der Waals surface area contributed by atoms with E-state index in [-0.39, 0.29) is 11.5 Å². The van der Waals surface area contributed by atoms with E-state index < -0.39 is 15.1 Å². The van der Waals surface area contributed by atoms with Crippen molar-refractivity contribution in [2.75, 3.05) is 0 Å². The molecule has 8 heteroatoms. The van der Waals surface area contributed by atoms with Crippen LogP contribution >= 0.6 is 0 Å². The molecule has 0 aliphatic heterocycles. The minimum Gasteiger partial charge on any atom is -0.340 e. The summed E-state index contributed by atoms with van der Waals surface area (Å²) in [7, 11) is -4.85. The number of hydrogen-bond donors (Lipinski definition) is 1. The molecule has 5 aromatic rings. The molecular formula is C27H20FN3O3S. The Kier molecular flexibility index (Phi) is 4.63. The normalized spacial score (nSPS) is 14.1. The molecule has 1 aliphatic carbocycles. The van der Waals surface area contributed by atoms with Crippen LogP contribution in [0.15, 0.2) is 64.3 Å². The van der Waals surface area contributed by atoms with Gasteiger partial charge in [0.05, 0.1) is 27.4 Å². The summed E-state index contributed by atoms with van der Waals surface area (Å²) in [5, 5.41) is 11.3. The first-order valence-corrected chi connectivity index (χ1v) is 12.8. The van der Waals surface area contributed by atoms with E-state index in [2.05, 4.69) is 15.6 Å². The van der Waals surface area contributed by atoms with Gasteiger partial charge in [-0.1, -0.05) is 25.1 Å². The van der Waals surface area contributed by atoms with E-state index in [1.54, 1.807) is 18.2 Å². The van der Waals surface area contributed by atoms with Gasteiger partial charge < -0.3 is 9.55 Å². The van der Waals surface area contributed by atoms with Crippen LogP contribution < -0.4 is 5.43 Å². The van der Waals surface area contributed by atoms with Crippen LogP contribution in [0.1, 0.15) is 36.9 Å². The molecule has 6 nitrogen and oxygen atoms in total. The molecule has 6 rings (SSSR count). The van der Waals surface area contributed by atoms with E-state index in [1.165, 1.54) is 18.2 Å². The number of fused-ring (bicyclic) bond motifs is 4. The van der Waals surface area contributed by atoms with Crippen molar-refractivity contribution >= 4 is 43.1 Å². The molecule has 1 N–H and O–H groups in total. The van der Waals surface area contributed by atoms with Crippen molar-refractivity contribution in [1.82, 2.24) is 9.55 Å². The fourth-order valence-electron chi connectivity index (χ4n) is 5.02. The summed E-state index contributed by atoms with van der Waals surface area (Å²) in [6.45, 7) is 1.97. The van der Waals surface area contributed by atoms with E-state index in [1.807, 2.05) is 25.1 Å². The van der Waals surface area contributed by atoms with Gasteiger partial charge in [0.1, 0.15) is 5.65 Å². The molecule has 35 heavy (non-hydrogen) atoms. The Balaban J connectivity index is 1.73. The fourth-order valence-corrected chi connectivity index (χ4v) is 5.53. The van der Waals surface area contributed by atoms with Gasteiger partial charge in [0, 0.05) is 22.3 Å². The molecule has 0 saturated heterocycles. The summed E-state index contributed by atoms with van der Waals surface area (Å²) in [5.41, 5.74) is 4.83. The quantitative estimate of drug-likeness (QED) is 0.329. The molecule has 0 amide bonds. The maximum Gasteiger partial charge on any atom is 0.332 e. The molecule has 0 radical (unpaired) electrons. The predicted octanol–water partition coefficient (Wildman–Crippen LogP) is 5.73. The molecular weight excluding hydrogens is 465 g/mol. The van der Waals surface area contributed by atoms with Gasteiger partial charge in [-0.3, -0.25) is 4.79 Å². The summed E-state index contributed by atoms with van der Waals surface area (Å²) in [5.74, 6) is 0. The first-order valence-electron chi connectivity index (χ1n) is 11.4. The number of rotatable bonds is 4. The molecule has 1 fully saturated rings. The summed E-state index contributed by atoms with van der Waals surface area (Å²) >= 11 is 0. The van der Waals surface area contributed by atoms with Crippen LogP contribution in [0, 0.1) is 11.3 Å². The van der Waals surface area contributed by atoms with Crippen molar-refractivity contribution in [3.05, 3.63) is 75.9 Å². The summed E-state index contributed by atoms with van der Waals surface area (Å²) < 4.78 is 38.9. The van der Waals surface area contributed by atoms with Crippen molar-refractivity contribution in [3.8, 4) is 17.2 Å². The maximum absolute atomic E-state index is 13.8. The predicted molar refractivity (Wildman–Crippen MR) is 134 cm³/mol. The van der Waals surface area contributed by atoms with Crippen molar-refractivity contribution in [3.63, 3.8) is 0 Å². The van der Waals surface area contributed by atoms with Gasteiger partial charge >= 0.3 is 10.2 Å². The van der Waals surface area contributed by atoms with Gasteiger partial charge in [-0.15, -0.1) is 3.89 Å². The zero-order chi connectivity index (χ0) is 24.5. The Morgan fingerprint density at radius 1 is 1.11 bits per heavy atom. The van der Waals surface area contributed by atoms with E-state index in [4.69, 9.17) is 0 Å². The molecule has 1 saturated carbocycles. The molecule has 2 aromatic heterocycles. The number of aromatic nitrogens is 2. The zero-order valence-corrected chi connectivity index (χ0v) is 19.6. The fraction of sp³-hybridized carbons (Fsp3) is 0.185. The van der Waals surface area contributed by atoms with Crippen LogP contribution in [0.5, 0.6) is 0 Å². The highest BCUT2D eigenvalue weighted by molar-refractivity contribution is 7.86. The number of aromatic amines is 1. The van der Waals surface area contributed by atoms with Gasteiger partial charge in [0.15, 0.2) is 5.43 Å². The van der Waals surface area contributed by atoms with Gasteiger partial charge in [-0.05, 0) is 72.4 Å². The number of benzene rings is 3. The highest BCUT2D eigenvalue weighted by Gasteiger charge is 2.29. The minimum absolute atomic E-state index is 0.0933. The van der Waals surface area contributed by atoms with E-state index in [0.29, 0.717) is 34.0 Å². The molecule has 174 valence electrons. The Bertz CT molecular complexity index is 1910. The van der Waals surface area contributed by atoms with Crippen LogP contribution in [0.3, 0.4) is 0 Å². The standard InChI is InChI=1S/C27H20FN3O3S/c1-2-16-12-22-24(13-21(16)17-4-3-5-19(11-17)35(28,33)34)31(18-7-8-18)27-25(26(22)32)20-9-6-15(14-29)10-23(20)30-27/h3-6,9-13,18,30H,2,7-8H2,1H3. The third-order valence-corrected chi connectivity index (χ3v) is 7.64. The number of nitriles is 1. The van der Waals surface area contributed by atoms with Gasteiger partial charge in [0.2, 0.25) is 0 Å². The first kappa shape index (κ1) is 21.6. The Hall–Kier alpha value is -3.96. The minimum atomic E-state index is -4.85. The van der Waals surface area contributed by atoms with Crippen LogP contribution in [0.25, 0.3) is 44.0 Å². The van der Waals surface area contributed by atoms with Gasteiger partial charge in [-0.25, -0.2) is 0 Å². The number of nitrogens with one attached hydrogen (secondary N) is 1. The lowest BCUT2D eigenvalue weighted by Crippen LogP contribution is -2.11. The Morgan fingerprint density at radius 3 is 2.60 bits per heavy atom. The van der Waals surface area contributed by atoms with Gasteiger partial charge in [0.25, 0.3) is 0 Å². The Labute approximate surface area is 200 Å². The van der Waals surface area contributed by atoms with Crippen LogP contribution in [-0.2, 0) is 16.6 Å². The number of nitrogens with zero attached hydrogens (tertiary/aromatic N) is 2. The molecule has 0 bridgehead atoms. The number of halogens is 1.